The fourth-order valence-corrected chi connectivity index (χ4v) is 3.77. The van der Waals surface area contributed by atoms with Crippen molar-refractivity contribution >= 4 is 52.8 Å². The predicted molar refractivity (Wildman–Crippen MR) is 79.4 cm³/mol. The van der Waals surface area contributed by atoms with Gasteiger partial charge >= 0.3 is 116 Å². The van der Waals surface area contributed by atoms with Gasteiger partial charge in [-0.3, -0.25) is 0 Å². The van der Waals surface area contributed by atoms with Gasteiger partial charge in [0.1, 0.15) is 0 Å². The summed E-state index contributed by atoms with van der Waals surface area (Å²) in [6.45, 7) is 0. The molecule has 3 aromatic rings. The van der Waals surface area contributed by atoms with E-state index in [-0.39, 0.29) is 15.0 Å². The van der Waals surface area contributed by atoms with Gasteiger partial charge in [-0.05, 0) is 0 Å². The zero-order chi connectivity index (χ0) is 12.5. The molecule has 0 bridgehead atoms. The van der Waals surface area contributed by atoms with Gasteiger partial charge in [0.15, 0.2) is 0 Å². The molecule has 0 amide bonds. The van der Waals surface area contributed by atoms with Gasteiger partial charge in [0.25, 0.3) is 0 Å². The third-order valence-electron chi connectivity index (χ3n) is 2.60. The maximum atomic E-state index is 5.68. The molecule has 0 fully saturated rings. The van der Waals surface area contributed by atoms with Crippen LogP contribution in [0.1, 0.15) is 0 Å². The van der Waals surface area contributed by atoms with Crippen molar-refractivity contribution in [3.8, 4) is 0 Å². The van der Waals surface area contributed by atoms with Crippen LogP contribution in [0.4, 0.5) is 5.69 Å². The second kappa shape index (κ2) is 4.61. The van der Waals surface area contributed by atoms with E-state index in [9.17, 15) is 0 Å². The number of hydrogen-bond donors (Lipinski definition) is 3. The number of rotatable bonds is 2. The molecule has 0 saturated heterocycles. The Balaban J connectivity index is 1.94. The van der Waals surface area contributed by atoms with Gasteiger partial charge in [0.05, 0.1) is 0 Å². The molecule has 3 nitrogen and oxygen atoms in total. The third kappa shape index (κ3) is 2.34. The monoisotopic (exact) mass is 321 g/mol. The molecule has 1 aromatic heterocycles. The van der Waals surface area contributed by atoms with Crippen LogP contribution in [0.15, 0.2) is 42.5 Å². The number of nitrogens with one attached hydrogen (secondary N) is 2. The fraction of sp³-hybridized carbons (Fsp3) is 0. The zero-order valence-corrected chi connectivity index (χ0v) is 12.0. The number of fused-ring (bicyclic) bond motifs is 1. The second-order valence-electron chi connectivity index (χ2n) is 3.96. The first-order chi connectivity index (χ1) is 8.70. The number of H-pyrrole nitrogens is 2. The topological polar surface area (TPSA) is 57.6 Å². The molecule has 90 valence electrons. The van der Waals surface area contributed by atoms with Crippen molar-refractivity contribution in [2.75, 3.05) is 5.73 Å². The summed E-state index contributed by atoms with van der Waals surface area (Å²) < 4.78 is 3.29. The molecule has 3 rings (SSSR count). The van der Waals surface area contributed by atoms with E-state index >= 15 is 0 Å². The van der Waals surface area contributed by atoms with Crippen LogP contribution in [0.3, 0.4) is 0 Å². The maximum absolute atomic E-state index is 5.68. The van der Waals surface area contributed by atoms with Crippen molar-refractivity contribution in [2.24, 2.45) is 0 Å². The van der Waals surface area contributed by atoms with Crippen LogP contribution >= 0.6 is 12.2 Å². The first-order valence-corrected chi connectivity index (χ1v) is 7.58. The van der Waals surface area contributed by atoms with Gasteiger partial charge in [0.2, 0.25) is 0 Å². The molecule has 0 spiro atoms. The summed E-state index contributed by atoms with van der Waals surface area (Å²) in [4.78, 5) is 6.25. The van der Waals surface area contributed by atoms with Crippen molar-refractivity contribution in [1.82, 2.24) is 9.97 Å². The number of aromatic nitrogens is 2. The molecule has 5 heteroatoms. The van der Waals surface area contributed by atoms with E-state index in [1.165, 1.54) is 8.92 Å². The Morgan fingerprint density at radius 2 is 1.56 bits per heavy atom. The number of aromatic amines is 2. The Bertz CT molecular complexity index is 743. The molecule has 1 heterocycles. The molecule has 0 aliphatic carbocycles. The summed E-state index contributed by atoms with van der Waals surface area (Å²) >= 11 is 5.37. The zero-order valence-electron chi connectivity index (χ0n) is 9.44. The van der Waals surface area contributed by atoms with Gasteiger partial charge in [-0.2, -0.15) is 0 Å². The van der Waals surface area contributed by atoms with Gasteiger partial charge in [-0.25, -0.2) is 0 Å². The quantitative estimate of drug-likeness (QED) is 0.380. The van der Waals surface area contributed by atoms with Crippen molar-refractivity contribution in [3.05, 3.63) is 47.2 Å². The molecule has 4 N–H and O–H groups in total. The van der Waals surface area contributed by atoms with Crippen molar-refractivity contribution in [1.29, 1.82) is 0 Å². The molecule has 0 unspecified atom stereocenters. The average Bonchev–Trinajstić information content (AvgIpc) is 2.71. The van der Waals surface area contributed by atoms with Crippen molar-refractivity contribution in [3.63, 3.8) is 0 Å². The van der Waals surface area contributed by atoms with Gasteiger partial charge < -0.3 is 0 Å². The van der Waals surface area contributed by atoms with E-state index in [1.807, 2.05) is 12.1 Å². The SMILES string of the molecule is Nc1ccc([Se]c2ccc3[nH]c(=S)[nH]c3c2)cc1. The van der Waals surface area contributed by atoms with Crippen molar-refractivity contribution < 1.29 is 0 Å². The normalized spacial score (nSPS) is 10.9. The number of imidazole rings is 1. The predicted octanol–water partition coefficient (Wildman–Crippen LogP) is 1.46. The van der Waals surface area contributed by atoms with Crippen LogP contribution < -0.4 is 14.7 Å². The van der Waals surface area contributed by atoms with Gasteiger partial charge in [0, 0.05) is 0 Å². The van der Waals surface area contributed by atoms with Gasteiger partial charge in [-0.15, -0.1) is 0 Å². The summed E-state index contributed by atoms with van der Waals surface area (Å²) in [5.74, 6) is 0. The summed E-state index contributed by atoms with van der Waals surface area (Å²) in [6, 6.07) is 14.4. The fourth-order valence-electron chi connectivity index (χ4n) is 1.75. The van der Waals surface area contributed by atoms with E-state index in [1.54, 1.807) is 0 Å². The van der Waals surface area contributed by atoms with Crippen LogP contribution in [-0.2, 0) is 0 Å². The van der Waals surface area contributed by atoms with Crippen molar-refractivity contribution in [2.45, 2.75) is 0 Å². The first-order valence-electron chi connectivity index (χ1n) is 5.46. The van der Waals surface area contributed by atoms with E-state index in [0.717, 1.165) is 16.7 Å². The molecule has 0 radical (unpaired) electrons. The molecule has 0 aliphatic rings. The van der Waals surface area contributed by atoms with E-state index in [4.69, 9.17) is 18.0 Å². The minimum absolute atomic E-state index is 0.286. The van der Waals surface area contributed by atoms with Crippen LogP contribution in [0, 0.1) is 4.77 Å². The molecule has 0 atom stereocenters. The Labute approximate surface area is 116 Å². The summed E-state index contributed by atoms with van der Waals surface area (Å²) in [6.07, 6.45) is 0. The second-order valence-corrected chi connectivity index (χ2v) is 6.77. The molecular formula is C13H11N3SSe. The first kappa shape index (κ1) is 11.5. The Hall–Kier alpha value is -1.55. The standard InChI is InChI=1S/C13H11N3SSe/c14-8-1-3-9(4-2-8)18-10-5-6-11-12(7-10)16-13(17)15-11/h1-7H,14H2,(H2,15,16,17). The average molecular weight is 320 g/mol. The summed E-state index contributed by atoms with van der Waals surface area (Å²) in [5, 5.41) is 0. The number of nitrogens with two attached hydrogens (primary N) is 1. The Morgan fingerprint density at radius 3 is 2.33 bits per heavy atom. The van der Waals surface area contributed by atoms with E-state index in [0.29, 0.717) is 4.77 Å². The van der Waals surface area contributed by atoms with E-state index in [2.05, 4.69) is 40.3 Å². The number of hydrogen-bond acceptors (Lipinski definition) is 2. The molecule has 0 aliphatic heterocycles. The Kier molecular flexibility index (Phi) is 2.95. The van der Waals surface area contributed by atoms with Crippen LogP contribution in [0.5, 0.6) is 0 Å². The van der Waals surface area contributed by atoms with E-state index < -0.39 is 0 Å². The molecule has 0 saturated carbocycles. The molecule has 2 aromatic carbocycles. The number of benzene rings is 2. The van der Waals surface area contributed by atoms with Crippen LogP contribution in [0.25, 0.3) is 11.0 Å². The third-order valence-corrected chi connectivity index (χ3v) is 4.90. The number of nitrogen functional groups attached to an aromatic ring is 1. The molecule has 18 heavy (non-hydrogen) atoms. The number of anilines is 1. The minimum atomic E-state index is 0.286. The van der Waals surface area contributed by atoms with Gasteiger partial charge in [-0.1, -0.05) is 0 Å². The van der Waals surface area contributed by atoms with Crippen LogP contribution in [0.2, 0.25) is 0 Å². The summed E-state index contributed by atoms with van der Waals surface area (Å²) in [5.41, 5.74) is 8.61. The molecular weight excluding hydrogens is 309 g/mol. The van der Waals surface area contributed by atoms with Crippen LogP contribution in [-0.4, -0.2) is 24.9 Å². The summed E-state index contributed by atoms with van der Waals surface area (Å²) in [7, 11) is 0. The Morgan fingerprint density at radius 1 is 0.889 bits per heavy atom.